The molecule has 3 aromatic rings. The van der Waals surface area contributed by atoms with E-state index in [9.17, 15) is 4.79 Å². The summed E-state index contributed by atoms with van der Waals surface area (Å²) in [6, 6.07) is 16.1. The van der Waals surface area contributed by atoms with Crippen molar-refractivity contribution < 1.29 is 14.3 Å². The summed E-state index contributed by atoms with van der Waals surface area (Å²) < 4.78 is 12.7. The van der Waals surface area contributed by atoms with Crippen molar-refractivity contribution >= 4 is 5.91 Å². The highest BCUT2D eigenvalue weighted by Gasteiger charge is 2.24. The molecular formula is C25H30N4O3. The van der Waals surface area contributed by atoms with Gasteiger partial charge in [-0.05, 0) is 43.2 Å². The van der Waals surface area contributed by atoms with Gasteiger partial charge in [0, 0.05) is 19.6 Å². The molecule has 2 aromatic carbocycles. The second kappa shape index (κ2) is 9.97. The summed E-state index contributed by atoms with van der Waals surface area (Å²) >= 11 is 0. The maximum absolute atomic E-state index is 13.1. The summed E-state index contributed by atoms with van der Waals surface area (Å²) in [5.74, 6) is 0.701. The molecule has 32 heavy (non-hydrogen) atoms. The molecule has 0 spiro atoms. The number of amides is 1. The van der Waals surface area contributed by atoms with Gasteiger partial charge in [0.2, 0.25) is 0 Å². The van der Waals surface area contributed by atoms with E-state index in [0.29, 0.717) is 25.3 Å². The molecule has 1 aromatic heterocycles. The van der Waals surface area contributed by atoms with E-state index in [1.807, 2.05) is 54.9 Å². The Bertz CT molecular complexity index is 1060. The lowest BCUT2D eigenvalue weighted by Gasteiger charge is -2.35. The fraction of sp³-hybridized carbons (Fsp3) is 0.360. The maximum Gasteiger partial charge on any atom is 0.254 e. The number of benzene rings is 2. The molecule has 4 rings (SSSR count). The molecule has 1 unspecified atom stereocenters. The van der Waals surface area contributed by atoms with E-state index in [1.54, 1.807) is 13.3 Å². The first-order valence-electron chi connectivity index (χ1n) is 10.9. The Morgan fingerprint density at radius 1 is 1.12 bits per heavy atom. The molecule has 0 radical (unpaired) electrons. The lowest BCUT2D eigenvalue weighted by molar-refractivity contribution is 0.0162. The van der Waals surface area contributed by atoms with Crippen LogP contribution >= 0.6 is 0 Å². The minimum atomic E-state index is -0.117. The minimum Gasteiger partial charge on any atom is -0.497 e. The van der Waals surface area contributed by atoms with Gasteiger partial charge in [-0.15, -0.1) is 0 Å². The summed E-state index contributed by atoms with van der Waals surface area (Å²) in [6.07, 6.45) is 1.65. The van der Waals surface area contributed by atoms with E-state index in [2.05, 4.69) is 27.4 Å². The van der Waals surface area contributed by atoms with E-state index in [1.165, 1.54) is 0 Å². The van der Waals surface area contributed by atoms with Gasteiger partial charge in [-0.3, -0.25) is 9.69 Å². The molecule has 7 heteroatoms. The quantitative estimate of drug-likeness (QED) is 0.618. The highest BCUT2D eigenvalue weighted by Crippen LogP contribution is 2.24. The normalized spacial score (nSPS) is 15.3. The number of hydrogen-bond donors (Lipinski definition) is 1. The molecule has 0 bridgehead atoms. The van der Waals surface area contributed by atoms with E-state index in [0.717, 1.165) is 41.3 Å². The largest absolute Gasteiger partial charge is 0.497 e. The van der Waals surface area contributed by atoms with Crippen LogP contribution in [-0.4, -0.2) is 60.5 Å². The van der Waals surface area contributed by atoms with Gasteiger partial charge in [0.25, 0.3) is 5.91 Å². The predicted octanol–water partition coefficient (Wildman–Crippen LogP) is 3.30. The zero-order valence-electron chi connectivity index (χ0n) is 18.9. The first-order chi connectivity index (χ1) is 15.6. The predicted molar refractivity (Wildman–Crippen MR) is 123 cm³/mol. The van der Waals surface area contributed by atoms with E-state index < -0.39 is 0 Å². The summed E-state index contributed by atoms with van der Waals surface area (Å²) in [5, 5.41) is 7.61. The fourth-order valence-electron chi connectivity index (χ4n) is 4.13. The number of aromatic nitrogens is 2. The maximum atomic E-state index is 13.1. The van der Waals surface area contributed by atoms with Crippen LogP contribution in [0.2, 0.25) is 0 Å². The van der Waals surface area contributed by atoms with Crippen molar-refractivity contribution in [2.75, 3.05) is 40.0 Å². The molecule has 2 heterocycles. The summed E-state index contributed by atoms with van der Waals surface area (Å²) in [4.78, 5) is 15.4. The van der Waals surface area contributed by atoms with Crippen LogP contribution in [0.25, 0.3) is 5.69 Å². The zero-order chi connectivity index (χ0) is 22.5. The molecule has 1 saturated heterocycles. The summed E-state index contributed by atoms with van der Waals surface area (Å²) in [6.45, 7) is 7.52. The second-order valence-electron chi connectivity index (χ2n) is 7.99. The van der Waals surface area contributed by atoms with Gasteiger partial charge >= 0.3 is 0 Å². The van der Waals surface area contributed by atoms with Crippen molar-refractivity contribution in [1.29, 1.82) is 0 Å². The fourth-order valence-corrected chi connectivity index (χ4v) is 4.13. The van der Waals surface area contributed by atoms with Crippen LogP contribution in [0.15, 0.2) is 54.7 Å². The number of carbonyl (C=O) groups is 1. The third-order valence-electron chi connectivity index (χ3n) is 6.04. The Kier molecular flexibility index (Phi) is 6.87. The molecular weight excluding hydrogens is 404 g/mol. The molecule has 1 aliphatic rings. The number of aryl methyl sites for hydroxylation is 1. The standard InChI is InChI=1S/C25H30N4O3/c1-18-6-4-5-7-23(18)29-19(2)22(16-27-29)25(30)26-17-24(28-12-14-32-15-13-28)20-8-10-21(31-3)11-9-20/h4-11,16,24H,12-15,17H2,1-3H3,(H,26,30). The smallest absolute Gasteiger partial charge is 0.254 e. The van der Waals surface area contributed by atoms with Crippen LogP contribution < -0.4 is 10.1 Å². The van der Waals surface area contributed by atoms with Crippen LogP contribution in [0.3, 0.4) is 0 Å². The Morgan fingerprint density at radius 3 is 2.53 bits per heavy atom. The van der Waals surface area contributed by atoms with Crippen molar-refractivity contribution in [1.82, 2.24) is 20.0 Å². The monoisotopic (exact) mass is 434 g/mol. The van der Waals surface area contributed by atoms with E-state index >= 15 is 0 Å². The Hall–Kier alpha value is -3.16. The molecule has 1 aliphatic heterocycles. The van der Waals surface area contributed by atoms with Crippen LogP contribution in [0, 0.1) is 13.8 Å². The highest BCUT2D eigenvalue weighted by atomic mass is 16.5. The van der Waals surface area contributed by atoms with Crippen LogP contribution in [0.5, 0.6) is 5.75 Å². The second-order valence-corrected chi connectivity index (χ2v) is 7.99. The Morgan fingerprint density at radius 2 is 1.84 bits per heavy atom. The van der Waals surface area contributed by atoms with Crippen molar-refractivity contribution in [3.05, 3.63) is 77.1 Å². The third-order valence-corrected chi connectivity index (χ3v) is 6.04. The minimum absolute atomic E-state index is 0.0560. The number of nitrogens with zero attached hydrogens (tertiary/aromatic N) is 3. The van der Waals surface area contributed by atoms with Gasteiger partial charge in [-0.1, -0.05) is 30.3 Å². The topological polar surface area (TPSA) is 68.6 Å². The van der Waals surface area contributed by atoms with Crippen molar-refractivity contribution in [2.24, 2.45) is 0 Å². The average molecular weight is 435 g/mol. The number of ether oxygens (including phenoxy) is 2. The van der Waals surface area contributed by atoms with Gasteiger partial charge in [0.05, 0.1) is 49.5 Å². The summed E-state index contributed by atoms with van der Waals surface area (Å²) in [7, 11) is 1.66. The van der Waals surface area contributed by atoms with Gasteiger partial charge in [-0.2, -0.15) is 5.10 Å². The highest BCUT2D eigenvalue weighted by molar-refractivity contribution is 5.95. The Labute approximate surface area is 188 Å². The van der Waals surface area contributed by atoms with Gasteiger partial charge in [-0.25, -0.2) is 4.68 Å². The lowest BCUT2D eigenvalue weighted by atomic mass is 10.0. The lowest BCUT2D eigenvalue weighted by Crippen LogP contribution is -2.43. The molecule has 1 atom stereocenters. The molecule has 1 fully saturated rings. The SMILES string of the molecule is COc1ccc(C(CNC(=O)c2cnn(-c3ccccc3C)c2C)N2CCOCC2)cc1. The third kappa shape index (κ3) is 4.69. The number of hydrogen-bond acceptors (Lipinski definition) is 5. The van der Waals surface area contributed by atoms with Gasteiger partial charge in [0.1, 0.15) is 5.75 Å². The first kappa shape index (κ1) is 22.0. The molecule has 7 nitrogen and oxygen atoms in total. The first-order valence-corrected chi connectivity index (χ1v) is 10.9. The number of rotatable bonds is 7. The van der Waals surface area contributed by atoms with E-state index in [4.69, 9.17) is 9.47 Å². The van der Waals surface area contributed by atoms with Crippen molar-refractivity contribution in [2.45, 2.75) is 19.9 Å². The number of methoxy groups -OCH3 is 1. The van der Waals surface area contributed by atoms with Crippen LogP contribution in [0.4, 0.5) is 0 Å². The summed E-state index contributed by atoms with van der Waals surface area (Å²) in [5.41, 5.74) is 4.64. The number of carbonyl (C=O) groups excluding carboxylic acids is 1. The molecule has 0 saturated carbocycles. The number of nitrogens with one attached hydrogen (secondary N) is 1. The van der Waals surface area contributed by atoms with Gasteiger partial charge < -0.3 is 14.8 Å². The molecule has 0 aliphatic carbocycles. The molecule has 1 N–H and O–H groups in total. The van der Waals surface area contributed by atoms with Crippen molar-refractivity contribution in [3.63, 3.8) is 0 Å². The number of morpholine rings is 1. The molecule has 1 amide bonds. The number of para-hydroxylation sites is 1. The Balaban J connectivity index is 1.51. The van der Waals surface area contributed by atoms with Gasteiger partial charge in [0.15, 0.2) is 0 Å². The van der Waals surface area contributed by atoms with Crippen LogP contribution in [-0.2, 0) is 4.74 Å². The zero-order valence-corrected chi connectivity index (χ0v) is 18.9. The van der Waals surface area contributed by atoms with Crippen molar-refractivity contribution in [3.8, 4) is 11.4 Å². The molecule has 168 valence electrons. The van der Waals surface area contributed by atoms with Crippen LogP contribution in [0.1, 0.15) is 33.2 Å². The van der Waals surface area contributed by atoms with E-state index in [-0.39, 0.29) is 11.9 Å². The average Bonchev–Trinajstić information content (AvgIpc) is 3.21.